The average molecular weight is 351 g/mol. The van der Waals surface area contributed by atoms with Crippen molar-refractivity contribution in [2.45, 2.75) is 47.5 Å². The number of hydrogen-bond donors (Lipinski definition) is 3. The van der Waals surface area contributed by atoms with Crippen LogP contribution in [0, 0.1) is 12.0 Å². The zero-order valence-corrected chi connectivity index (χ0v) is 15.6. The minimum Gasteiger partial charge on any atom is -0.397 e. The molecule has 0 spiro atoms. The van der Waals surface area contributed by atoms with Crippen molar-refractivity contribution in [3.63, 3.8) is 0 Å². The van der Waals surface area contributed by atoms with Crippen molar-refractivity contribution >= 4 is 0 Å². The molecule has 0 aromatic rings. The van der Waals surface area contributed by atoms with E-state index in [1.165, 1.54) is 12.0 Å². The van der Waals surface area contributed by atoms with Crippen molar-refractivity contribution in [2.75, 3.05) is 19.8 Å². The molecule has 3 nitrogen and oxygen atoms in total. The van der Waals surface area contributed by atoms with Crippen LogP contribution in [0.3, 0.4) is 0 Å². The monoisotopic (exact) mass is 349 g/mol. The molecule has 114 valence electrons. The molecular weight excluding hydrogens is 319 g/mol. The second-order valence-corrected chi connectivity index (χ2v) is 3.50. The van der Waals surface area contributed by atoms with Gasteiger partial charge in [-0.25, -0.2) is 11.6 Å². The van der Waals surface area contributed by atoms with Crippen LogP contribution >= 0.6 is 0 Å². The second kappa shape index (κ2) is 26.7. The van der Waals surface area contributed by atoms with E-state index in [0.29, 0.717) is 5.92 Å². The third kappa shape index (κ3) is 27.4. The molecule has 0 bridgehead atoms. The van der Waals surface area contributed by atoms with Crippen LogP contribution in [0.2, 0.25) is 0 Å². The maximum atomic E-state index is 7.57. The zero-order valence-electron chi connectivity index (χ0n) is 13.1. The van der Waals surface area contributed by atoms with Crippen LogP contribution in [0.4, 0.5) is 0 Å². The van der Waals surface area contributed by atoms with E-state index in [1.807, 2.05) is 0 Å². The van der Waals surface area contributed by atoms with E-state index in [0.717, 1.165) is 6.42 Å². The van der Waals surface area contributed by atoms with Gasteiger partial charge in [0.05, 0.1) is 0 Å². The van der Waals surface area contributed by atoms with Crippen molar-refractivity contribution in [3.05, 3.63) is 23.8 Å². The molecule has 4 heteroatoms. The van der Waals surface area contributed by atoms with Crippen molar-refractivity contribution in [1.82, 2.24) is 0 Å². The first-order valence-corrected chi connectivity index (χ1v) is 6.69. The van der Waals surface area contributed by atoms with Crippen LogP contribution in [0.5, 0.6) is 0 Å². The Morgan fingerprint density at radius 2 is 1.42 bits per heavy atom. The molecule has 1 atom stereocenters. The predicted octanol–water partition coefficient (Wildman–Crippen LogP) is 2.72. The molecule has 1 aliphatic carbocycles. The fourth-order valence-corrected chi connectivity index (χ4v) is 0.980. The molecule has 0 radical (unpaired) electrons. The second-order valence-electron chi connectivity index (χ2n) is 3.50. The first-order valence-electron chi connectivity index (χ1n) is 6.69. The van der Waals surface area contributed by atoms with Crippen LogP contribution in [-0.4, -0.2) is 35.1 Å². The summed E-state index contributed by atoms with van der Waals surface area (Å²) < 4.78 is 0. The van der Waals surface area contributed by atoms with Gasteiger partial charge < -0.3 is 15.3 Å². The number of aliphatic hydroxyl groups excluding tert-OH is 3. The molecule has 0 fully saturated rings. The first kappa shape index (κ1) is 27.6. The van der Waals surface area contributed by atoms with Crippen LogP contribution in [0.15, 0.2) is 17.7 Å². The minimum absolute atomic E-state index is 0. The fourth-order valence-electron chi connectivity index (χ4n) is 0.980. The molecule has 3 N–H and O–H groups in total. The van der Waals surface area contributed by atoms with E-state index in [1.54, 1.807) is 20.8 Å². The van der Waals surface area contributed by atoms with Gasteiger partial charge in [0.25, 0.3) is 0 Å². The molecule has 1 aliphatic rings. The number of rotatable bonds is 2. The summed E-state index contributed by atoms with van der Waals surface area (Å²) in [6.45, 7) is 10.3. The van der Waals surface area contributed by atoms with Gasteiger partial charge in [0.2, 0.25) is 0 Å². The van der Waals surface area contributed by atoms with Crippen molar-refractivity contribution < 1.29 is 41.5 Å². The van der Waals surface area contributed by atoms with Crippen molar-refractivity contribution in [1.29, 1.82) is 0 Å². The van der Waals surface area contributed by atoms with Crippen molar-refractivity contribution in [2.24, 2.45) is 5.92 Å². The van der Waals surface area contributed by atoms with Crippen molar-refractivity contribution in [3.8, 4) is 0 Å². The molecule has 0 amide bonds. The molecule has 1 unspecified atom stereocenters. The largest absolute Gasteiger partial charge is 0.397 e. The molecule has 0 aromatic heterocycles. The van der Waals surface area contributed by atoms with Gasteiger partial charge in [-0.2, -0.15) is 6.08 Å². The molecule has 0 heterocycles. The maximum Gasteiger partial charge on any atom is 0.0402 e. The summed E-state index contributed by atoms with van der Waals surface area (Å²) in [5.74, 6) is 0.712. The Bertz CT molecular complexity index is 187. The molecule has 0 saturated carbocycles. The Morgan fingerprint density at radius 1 is 1.05 bits per heavy atom. The standard InChI is InChI=1S/C9H13.3C2H6O.Zr/c1-3-8(2)9-6-4-5-7-9;3*1-2-3;/h4,6,8H,3,5H2,1-2H3;3*3H,2H2,1H3;/q-1;;;;. The van der Waals surface area contributed by atoms with Gasteiger partial charge in [-0.3, -0.25) is 6.08 Å². The Balaban J connectivity index is -0.0000000956. The first-order chi connectivity index (χ1) is 8.59. The van der Waals surface area contributed by atoms with Gasteiger partial charge in [0, 0.05) is 46.0 Å². The smallest absolute Gasteiger partial charge is 0.0402 e. The van der Waals surface area contributed by atoms with Gasteiger partial charge in [-0.15, -0.1) is 6.42 Å². The molecule has 0 aromatic carbocycles. The SMILES string of the molecule is CCC(C)C1=[C-]CC=C1.CCO.CCO.CCO.[Zr]. The van der Waals surface area contributed by atoms with Gasteiger partial charge >= 0.3 is 0 Å². The summed E-state index contributed by atoms with van der Waals surface area (Å²) in [6.07, 6.45) is 9.93. The third-order valence-electron chi connectivity index (χ3n) is 1.86. The average Bonchev–Trinajstić information content (AvgIpc) is 2.85. The number of allylic oxidation sites excluding steroid dienone is 4. The number of hydrogen-bond acceptors (Lipinski definition) is 3. The van der Waals surface area contributed by atoms with Gasteiger partial charge in [-0.1, -0.05) is 26.2 Å². The van der Waals surface area contributed by atoms with Gasteiger partial charge in [-0.05, 0) is 20.8 Å². The Hall–Kier alpha value is 0.243. The fraction of sp³-hybridized carbons (Fsp3) is 0.733. The number of aliphatic hydroxyl groups is 3. The summed E-state index contributed by atoms with van der Waals surface area (Å²) >= 11 is 0. The van der Waals surface area contributed by atoms with Crippen LogP contribution in [-0.2, 0) is 26.2 Å². The van der Waals surface area contributed by atoms with Gasteiger partial charge in [0.15, 0.2) is 0 Å². The topological polar surface area (TPSA) is 60.7 Å². The third-order valence-corrected chi connectivity index (χ3v) is 1.86. The predicted molar refractivity (Wildman–Crippen MR) is 78.2 cm³/mol. The van der Waals surface area contributed by atoms with Crippen LogP contribution < -0.4 is 0 Å². The summed E-state index contributed by atoms with van der Waals surface area (Å²) in [4.78, 5) is 0. The van der Waals surface area contributed by atoms with Crippen LogP contribution in [0.25, 0.3) is 0 Å². The molecule has 1 rings (SSSR count). The van der Waals surface area contributed by atoms with E-state index >= 15 is 0 Å². The van der Waals surface area contributed by atoms with E-state index in [4.69, 9.17) is 15.3 Å². The van der Waals surface area contributed by atoms with E-state index in [2.05, 4.69) is 32.1 Å². The summed E-state index contributed by atoms with van der Waals surface area (Å²) in [7, 11) is 0. The summed E-state index contributed by atoms with van der Waals surface area (Å²) in [6, 6.07) is 0. The summed E-state index contributed by atoms with van der Waals surface area (Å²) in [5, 5.41) is 22.7. The minimum atomic E-state index is 0. The Kier molecular flexibility index (Phi) is 38.8. The van der Waals surface area contributed by atoms with E-state index in [-0.39, 0.29) is 46.0 Å². The van der Waals surface area contributed by atoms with E-state index < -0.39 is 0 Å². The molecular formula is C15H31O3Zr-. The zero-order chi connectivity index (χ0) is 14.8. The normalized spacial score (nSPS) is 12.3. The molecule has 19 heavy (non-hydrogen) atoms. The van der Waals surface area contributed by atoms with Crippen LogP contribution in [0.1, 0.15) is 47.5 Å². The maximum absolute atomic E-state index is 7.57. The molecule has 0 saturated heterocycles. The van der Waals surface area contributed by atoms with Gasteiger partial charge in [0.1, 0.15) is 0 Å². The van der Waals surface area contributed by atoms with E-state index in [9.17, 15) is 0 Å². The Morgan fingerprint density at radius 3 is 1.63 bits per heavy atom. The molecule has 0 aliphatic heterocycles. The quantitative estimate of drug-likeness (QED) is 0.671. The Labute approximate surface area is 138 Å². The summed E-state index contributed by atoms with van der Waals surface area (Å²) in [5.41, 5.74) is 1.40.